The number of halogens is 1. The van der Waals surface area contributed by atoms with Crippen LogP contribution in [0.25, 0.3) is 0 Å². The molecule has 0 unspecified atom stereocenters. The molecule has 1 aliphatic heterocycles. The molecule has 0 saturated heterocycles. The van der Waals surface area contributed by atoms with Crippen LogP contribution in [0.5, 0.6) is 0 Å². The van der Waals surface area contributed by atoms with Gasteiger partial charge in [-0.25, -0.2) is 0 Å². The van der Waals surface area contributed by atoms with E-state index in [1.54, 1.807) is 31.2 Å². The predicted octanol–water partition coefficient (Wildman–Crippen LogP) is 3.99. The van der Waals surface area contributed by atoms with Crippen LogP contribution in [0, 0.1) is 0 Å². The summed E-state index contributed by atoms with van der Waals surface area (Å²) in [6, 6.07) is 16.3. The Morgan fingerprint density at radius 1 is 1.17 bits per heavy atom. The molecule has 122 valence electrons. The maximum absolute atomic E-state index is 12.6. The van der Waals surface area contributed by atoms with Crippen molar-refractivity contribution in [2.75, 3.05) is 16.9 Å². The molecule has 1 heterocycles. The molecule has 0 atom stereocenters. The van der Waals surface area contributed by atoms with Gasteiger partial charge in [0.2, 0.25) is 0 Å². The number of nitrogens with one attached hydrogen (secondary N) is 1. The third-order valence-electron chi connectivity index (χ3n) is 3.68. The van der Waals surface area contributed by atoms with Crippen LogP contribution < -0.4 is 10.3 Å². The lowest BCUT2D eigenvalue weighted by atomic mass is 10.1. The average Bonchev–Trinajstić information content (AvgIpc) is 2.89. The van der Waals surface area contributed by atoms with E-state index in [1.165, 1.54) is 4.90 Å². The predicted molar refractivity (Wildman–Crippen MR) is 96.6 cm³/mol. The molecule has 0 saturated carbocycles. The Labute approximate surface area is 144 Å². The molecule has 6 heteroatoms. The summed E-state index contributed by atoms with van der Waals surface area (Å²) >= 11 is 5.84. The molecule has 0 spiro atoms. The Hall–Kier alpha value is -2.79. The number of para-hydroxylation sites is 1. The SMILES string of the molecule is CC(=NNc1ccc(Cl)cc1)C1=C(O)CN(c2ccccc2)C1=O. The Kier molecular flexibility index (Phi) is 4.53. The van der Waals surface area contributed by atoms with Crippen LogP contribution >= 0.6 is 11.6 Å². The van der Waals surface area contributed by atoms with Gasteiger partial charge in [-0.05, 0) is 43.3 Å². The highest BCUT2D eigenvalue weighted by molar-refractivity contribution is 6.30. The average molecular weight is 342 g/mol. The van der Waals surface area contributed by atoms with Crippen molar-refractivity contribution in [1.29, 1.82) is 0 Å². The number of aliphatic hydroxyl groups excluding tert-OH is 1. The van der Waals surface area contributed by atoms with E-state index in [9.17, 15) is 9.90 Å². The Morgan fingerprint density at radius 2 is 1.83 bits per heavy atom. The Morgan fingerprint density at radius 3 is 2.50 bits per heavy atom. The highest BCUT2D eigenvalue weighted by Gasteiger charge is 2.33. The van der Waals surface area contributed by atoms with Gasteiger partial charge >= 0.3 is 0 Å². The molecule has 2 N–H and O–H groups in total. The summed E-state index contributed by atoms with van der Waals surface area (Å²) in [5.41, 5.74) is 4.98. The van der Waals surface area contributed by atoms with Gasteiger partial charge in [-0.15, -0.1) is 0 Å². The van der Waals surface area contributed by atoms with Gasteiger partial charge in [-0.3, -0.25) is 10.2 Å². The van der Waals surface area contributed by atoms with Crippen LogP contribution in [-0.2, 0) is 4.79 Å². The lowest BCUT2D eigenvalue weighted by Crippen LogP contribution is -2.28. The van der Waals surface area contributed by atoms with Crippen LogP contribution in [0.15, 0.2) is 71.0 Å². The number of benzene rings is 2. The number of carbonyl (C=O) groups is 1. The van der Waals surface area contributed by atoms with Gasteiger partial charge in [0, 0.05) is 10.7 Å². The molecule has 2 aromatic rings. The van der Waals surface area contributed by atoms with Crippen molar-refractivity contribution in [2.45, 2.75) is 6.92 Å². The fraction of sp³-hybridized carbons (Fsp3) is 0.111. The third kappa shape index (κ3) is 3.26. The number of amides is 1. The van der Waals surface area contributed by atoms with Gasteiger partial charge < -0.3 is 10.0 Å². The minimum atomic E-state index is -0.266. The molecule has 3 rings (SSSR count). The molecular weight excluding hydrogens is 326 g/mol. The molecule has 0 aliphatic carbocycles. The standard InChI is InChI=1S/C18H16ClN3O2/c1-12(20-21-14-9-7-13(19)8-10-14)17-16(23)11-22(18(17)24)15-5-3-2-4-6-15/h2-10,21,23H,11H2,1H3. The molecule has 24 heavy (non-hydrogen) atoms. The van der Waals surface area contributed by atoms with Crippen molar-refractivity contribution in [3.63, 3.8) is 0 Å². The second-order valence-corrected chi connectivity index (χ2v) is 5.80. The highest BCUT2D eigenvalue weighted by Crippen LogP contribution is 2.25. The monoisotopic (exact) mass is 341 g/mol. The lowest BCUT2D eigenvalue weighted by Gasteiger charge is -2.16. The number of carbonyl (C=O) groups excluding carboxylic acids is 1. The Balaban J connectivity index is 1.78. The number of nitrogens with zero attached hydrogens (tertiary/aromatic N) is 2. The number of anilines is 2. The van der Waals surface area contributed by atoms with E-state index < -0.39 is 0 Å². The van der Waals surface area contributed by atoms with Crippen LogP contribution in [0.2, 0.25) is 5.02 Å². The summed E-state index contributed by atoms with van der Waals surface area (Å²) in [7, 11) is 0. The van der Waals surface area contributed by atoms with Gasteiger partial charge in [-0.2, -0.15) is 5.10 Å². The summed E-state index contributed by atoms with van der Waals surface area (Å²) in [4.78, 5) is 14.1. The lowest BCUT2D eigenvalue weighted by molar-refractivity contribution is -0.114. The maximum atomic E-state index is 12.6. The summed E-state index contributed by atoms with van der Waals surface area (Å²) in [6.07, 6.45) is 0. The second kappa shape index (κ2) is 6.76. The zero-order chi connectivity index (χ0) is 17.1. The minimum Gasteiger partial charge on any atom is -0.509 e. The van der Waals surface area contributed by atoms with E-state index in [0.717, 1.165) is 11.4 Å². The van der Waals surface area contributed by atoms with Gasteiger partial charge in [0.25, 0.3) is 5.91 Å². The van der Waals surface area contributed by atoms with E-state index >= 15 is 0 Å². The van der Waals surface area contributed by atoms with Crippen LogP contribution in [0.3, 0.4) is 0 Å². The number of hydrazone groups is 1. The van der Waals surface area contributed by atoms with E-state index in [2.05, 4.69) is 10.5 Å². The van der Waals surface area contributed by atoms with Crippen LogP contribution in [0.1, 0.15) is 6.92 Å². The number of hydrogen-bond donors (Lipinski definition) is 2. The van der Waals surface area contributed by atoms with Gasteiger partial charge in [0.15, 0.2) is 0 Å². The molecule has 1 aliphatic rings. The quantitative estimate of drug-likeness (QED) is 0.653. The number of rotatable bonds is 4. The third-order valence-corrected chi connectivity index (χ3v) is 3.93. The molecule has 2 aromatic carbocycles. The smallest absolute Gasteiger partial charge is 0.264 e. The van der Waals surface area contributed by atoms with E-state index in [-0.39, 0.29) is 23.8 Å². The molecule has 5 nitrogen and oxygen atoms in total. The zero-order valence-corrected chi connectivity index (χ0v) is 13.8. The normalized spacial score (nSPS) is 15.2. The van der Waals surface area contributed by atoms with Crippen molar-refractivity contribution in [3.8, 4) is 0 Å². The summed E-state index contributed by atoms with van der Waals surface area (Å²) < 4.78 is 0. The number of hydrogen-bond acceptors (Lipinski definition) is 4. The van der Waals surface area contributed by atoms with Crippen molar-refractivity contribution in [3.05, 3.63) is 71.0 Å². The molecule has 0 radical (unpaired) electrons. The van der Waals surface area contributed by atoms with Crippen molar-refractivity contribution >= 4 is 34.6 Å². The molecule has 0 aromatic heterocycles. The topological polar surface area (TPSA) is 64.9 Å². The van der Waals surface area contributed by atoms with Crippen molar-refractivity contribution in [2.24, 2.45) is 5.10 Å². The van der Waals surface area contributed by atoms with Gasteiger partial charge in [0.1, 0.15) is 11.3 Å². The van der Waals surface area contributed by atoms with E-state index in [4.69, 9.17) is 11.6 Å². The summed E-state index contributed by atoms with van der Waals surface area (Å²) in [6.45, 7) is 1.83. The van der Waals surface area contributed by atoms with Gasteiger partial charge in [0.05, 0.1) is 17.9 Å². The van der Waals surface area contributed by atoms with E-state index in [0.29, 0.717) is 10.7 Å². The Bertz CT molecular complexity index is 814. The first-order valence-corrected chi connectivity index (χ1v) is 7.79. The molecule has 1 amide bonds. The second-order valence-electron chi connectivity index (χ2n) is 5.36. The van der Waals surface area contributed by atoms with Crippen LogP contribution in [-0.4, -0.2) is 23.3 Å². The largest absolute Gasteiger partial charge is 0.509 e. The van der Waals surface area contributed by atoms with Crippen LogP contribution in [0.4, 0.5) is 11.4 Å². The molecular formula is C18H16ClN3O2. The van der Waals surface area contributed by atoms with Crippen molar-refractivity contribution < 1.29 is 9.90 Å². The fourth-order valence-electron chi connectivity index (χ4n) is 2.47. The summed E-state index contributed by atoms with van der Waals surface area (Å²) in [5, 5.41) is 15.0. The first-order valence-electron chi connectivity index (χ1n) is 7.41. The first kappa shape index (κ1) is 16.1. The minimum absolute atomic E-state index is 0.0167. The number of aliphatic hydroxyl groups is 1. The van der Waals surface area contributed by atoms with Gasteiger partial charge in [-0.1, -0.05) is 29.8 Å². The molecule has 0 fully saturated rings. The summed E-state index contributed by atoms with van der Waals surface area (Å²) in [5.74, 6) is -0.249. The zero-order valence-electron chi connectivity index (χ0n) is 13.0. The fourth-order valence-corrected chi connectivity index (χ4v) is 2.59. The maximum Gasteiger partial charge on any atom is 0.264 e. The first-order chi connectivity index (χ1) is 11.6. The van der Waals surface area contributed by atoms with E-state index in [1.807, 2.05) is 30.3 Å². The highest BCUT2D eigenvalue weighted by atomic mass is 35.5. The van der Waals surface area contributed by atoms with Crippen molar-refractivity contribution in [1.82, 2.24) is 0 Å². The molecule has 0 bridgehead atoms.